The van der Waals surface area contributed by atoms with Crippen molar-refractivity contribution in [2.24, 2.45) is 0 Å². The molecule has 0 aliphatic rings. The topological polar surface area (TPSA) is 55.4 Å². The molecule has 0 saturated heterocycles. The van der Waals surface area contributed by atoms with E-state index >= 15 is 0 Å². The molecule has 142 valence electrons. The van der Waals surface area contributed by atoms with E-state index in [1.165, 1.54) is 0 Å². The molecule has 0 unspecified atom stereocenters. The highest BCUT2D eigenvalue weighted by molar-refractivity contribution is 7.89. The normalized spacial score (nSPS) is 11.9. The van der Waals surface area contributed by atoms with Crippen molar-refractivity contribution < 1.29 is 13.2 Å². The molecule has 3 aromatic rings. The second-order valence-corrected chi connectivity index (χ2v) is 8.71. The van der Waals surface area contributed by atoms with Gasteiger partial charge in [0.2, 0.25) is 10.0 Å². The lowest BCUT2D eigenvalue weighted by Gasteiger charge is -2.17. The van der Waals surface area contributed by atoms with Crippen LogP contribution in [0.15, 0.2) is 59.5 Å². The molecule has 5 heteroatoms. The van der Waals surface area contributed by atoms with Gasteiger partial charge in [0.15, 0.2) is 0 Å². The molecule has 27 heavy (non-hydrogen) atoms. The summed E-state index contributed by atoms with van der Waals surface area (Å²) in [5.41, 5.74) is 2.50. The van der Waals surface area contributed by atoms with Crippen molar-refractivity contribution in [2.45, 2.75) is 38.1 Å². The van der Waals surface area contributed by atoms with Crippen molar-refractivity contribution >= 4 is 20.8 Å². The van der Waals surface area contributed by atoms with Gasteiger partial charge in [-0.05, 0) is 52.4 Å². The number of nitrogens with one attached hydrogen (secondary N) is 1. The van der Waals surface area contributed by atoms with E-state index in [0.717, 1.165) is 27.6 Å². The Morgan fingerprint density at radius 1 is 1.04 bits per heavy atom. The zero-order chi connectivity index (χ0) is 19.6. The standard InChI is InChI=1S/C22H25NO3S/c1-15(2)20-13-22(16(3)12-21(20)26-4)27(24,25)23-14-18-10-7-9-17-8-5-6-11-19(17)18/h5-13,15,23H,14H2,1-4H3. The number of aryl methyl sites for hydroxylation is 1. The summed E-state index contributed by atoms with van der Waals surface area (Å²) in [7, 11) is -2.04. The number of benzene rings is 3. The Morgan fingerprint density at radius 2 is 1.74 bits per heavy atom. The number of rotatable bonds is 6. The molecule has 0 aromatic heterocycles. The van der Waals surface area contributed by atoms with E-state index in [1.807, 2.05) is 56.3 Å². The average Bonchev–Trinajstić information content (AvgIpc) is 2.65. The van der Waals surface area contributed by atoms with Gasteiger partial charge in [-0.3, -0.25) is 0 Å². The molecule has 0 atom stereocenters. The Balaban J connectivity index is 1.94. The fourth-order valence-corrected chi connectivity index (χ4v) is 4.56. The van der Waals surface area contributed by atoms with Crippen molar-refractivity contribution in [3.05, 3.63) is 71.3 Å². The maximum atomic E-state index is 13.0. The lowest BCUT2D eigenvalue weighted by atomic mass is 10.0. The van der Waals surface area contributed by atoms with Gasteiger partial charge < -0.3 is 4.74 Å². The maximum absolute atomic E-state index is 13.0. The Kier molecular flexibility index (Phi) is 5.53. The van der Waals surface area contributed by atoms with Crippen LogP contribution in [0.5, 0.6) is 5.75 Å². The predicted octanol–water partition coefficient (Wildman–Crippen LogP) is 4.76. The van der Waals surface area contributed by atoms with E-state index in [4.69, 9.17) is 4.74 Å². The second-order valence-electron chi connectivity index (χ2n) is 6.98. The first-order valence-electron chi connectivity index (χ1n) is 8.98. The van der Waals surface area contributed by atoms with Crippen molar-refractivity contribution in [1.29, 1.82) is 0 Å². The van der Waals surface area contributed by atoms with E-state index < -0.39 is 10.0 Å². The van der Waals surface area contributed by atoms with Crippen LogP contribution in [0.4, 0.5) is 0 Å². The molecule has 0 bridgehead atoms. The summed E-state index contributed by atoms with van der Waals surface area (Å²) in [6, 6.07) is 17.4. The van der Waals surface area contributed by atoms with Crippen LogP contribution in [0.1, 0.15) is 36.5 Å². The van der Waals surface area contributed by atoms with Crippen molar-refractivity contribution in [1.82, 2.24) is 4.72 Å². The second kappa shape index (κ2) is 7.71. The number of methoxy groups -OCH3 is 1. The molecule has 0 saturated carbocycles. The summed E-state index contributed by atoms with van der Waals surface area (Å²) in [5, 5.41) is 2.15. The first kappa shape index (κ1) is 19.4. The zero-order valence-electron chi connectivity index (χ0n) is 16.1. The van der Waals surface area contributed by atoms with Crippen LogP contribution in [0.2, 0.25) is 0 Å². The van der Waals surface area contributed by atoms with Crippen molar-refractivity contribution in [3.8, 4) is 5.75 Å². The molecule has 1 N–H and O–H groups in total. The summed E-state index contributed by atoms with van der Waals surface area (Å²) in [6.45, 7) is 6.07. The van der Waals surface area contributed by atoms with Gasteiger partial charge in [0.05, 0.1) is 12.0 Å². The quantitative estimate of drug-likeness (QED) is 0.668. The molecule has 0 aliphatic carbocycles. The minimum atomic E-state index is -3.64. The maximum Gasteiger partial charge on any atom is 0.241 e. The molecular weight excluding hydrogens is 358 g/mol. The molecule has 0 aliphatic heterocycles. The number of fused-ring (bicyclic) bond motifs is 1. The molecule has 4 nitrogen and oxygen atoms in total. The van der Waals surface area contributed by atoms with Gasteiger partial charge in [-0.1, -0.05) is 56.3 Å². The smallest absolute Gasteiger partial charge is 0.241 e. The van der Waals surface area contributed by atoms with Gasteiger partial charge in [-0.2, -0.15) is 0 Å². The minimum Gasteiger partial charge on any atom is -0.496 e. The first-order valence-corrected chi connectivity index (χ1v) is 10.5. The Morgan fingerprint density at radius 3 is 2.44 bits per heavy atom. The number of hydrogen-bond acceptors (Lipinski definition) is 3. The number of ether oxygens (including phenoxy) is 1. The molecule has 0 heterocycles. The molecule has 0 spiro atoms. The largest absolute Gasteiger partial charge is 0.496 e. The fourth-order valence-electron chi connectivity index (χ4n) is 3.29. The highest BCUT2D eigenvalue weighted by atomic mass is 32.2. The van der Waals surface area contributed by atoms with Crippen LogP contribution in [-0.4, -0.2) is 15.5 Å². The highest BCUT2D eigenvalue weighted by Gasteiger charge is 2.21. The SMILES string of the molecule is COc1cc(C)c(S(=O)(=O)NCc2cccc3ccccc23)cc1C(C)C. The van der Waals surface area contributed by atoms with Crippen molar-refractivity contribution in [2.75, 3.05) is 7.11 Å². The summed E-state index contributed by atoms with van der Waals surface area (Å²) in [4.78, 5) is 0.298. The monoisotopic (exact) mass is 383 g/mol. The Hall–Kier alpha value is -2.37. The van der Waals surface area contributed by atoms with Crippen LogP contribution in [0.3, 0.4) is 0 Å². The van der Waals surface area contributed by atoms with Gasteiger partial charge in [0.1, 0.15) is 5.75 Å². The molecule has 3 rings (SSSR count). The van der Waals surface area contributed by atoms with Gasteiger partial charge in [-0.15, -0.1) is 0 Å². The van der Waals surface area contributed by atoms with E-state index in [9.17, 15) is 8.42 Å². The Labute approximate surface area is 161 Å². The van der Waals surface area contributed by atoms with E-state index in [-0.39, 0.29) is 12.5 Å². The lowest BCUT2D eigenvalue weighted by molar-refractivity contribution is 0.406. The van der Waals surface area contributed by atoms with Crippen LogP contribution in [-0.2, 0) is 16.6 Å². The first-order chi connectivity index (χ1) is 12.8. The predicted molar refractivity (Wildman–Crippen MR) is 110 cm³/mol. The molecule has 0 radical (unpaired) electrons. The summed E-state index contributed by atoms with van der Waals surface area (Å²) in [5.74, 6) is 0.878. The molecule has 0 amide bonds. The van der Waals surface area contributed by atoms with Gasteiger partial charge in [0.25, 0.3) is 0 Å². The average molecular weight is 384 g/mol. The fraction of sp³-hybridized carbons (Fsp3) is 0.273. The third-order valence-electron chi connectivity index (χ3n) is 4.77. The summed E-state index contributed by atoms with van der Waals surface area (Å²) >= 11 is 0. The van der Waals surface area contributed by atoms with E-state index in [2.05, 4.69) is 4.72 Å². The molecular formula is C22H25NO3S. The van der Waals surface area contributed by atoms with Crippen molar-refractivity contribution in [3.63, 3.8) is 0 Å². The molecule has 0 fully saturated rings. The van der Waals surface area contributed by atoms with Crippen LogP contribution >= 0.6 is 0 Å². The highest BCUT2D eigenvalue weighted by Crippen LogP contribution is 2.31. The number of sulfonamides is 1. The summed E-state index contributed by atoms with van der Waals surface area (Å²) in [6.07, 6.45) is 0. The van der Waals surface area contributed by atoms with Gasteiger partial charge in [0, 0.05) is 6.54 Å². The van der Waals surface area contributed by atoms with Crippen LogP contribution in [0, 0.1) is 6.92 Å². The van der Waals surface area contributed by atoms with E-state index in [0.29, 0.717) is 10.5 Å². The third kappa shape index (κ3) is 3.99. The lowest BCUT2D eigenvalue weighted by Crippen LogP contribution is -2.24. The van der Waals surface area contributed by atoms with Crippen LogP contribution in [0.25, 0.3) is 10.8 Å². The van der Waals surface area contributed by atoms with Gasteiger partial charge >= 0.3 is 0 Å². The van der Waals surface area contributed by atoms with Gasteiger partial charge in [-0.25, -0.2) is 13.1 Å². The minimum absolute atomic E-state index is 0.160. The Bertz CT molecular complexity index is 1070. The number of hydrogen-bond donors (Lipinski definition) is 1. The van der Waals surface area contributed by atoms with E-state index in [1.54, 1.807) is 26.2 Å². The molecule has 3 aromatic carbocycles. The summed E-state index contributed by atoms with van der Waals surface area (Å²) < 4.78 is 34.1. The third-order valence-corrected chi connectivity index (χ3v) is 6.31. The zero-order valence-corrected chi connectivity index (χ0v) is 16.9. The van der Waals surface area contributed by atoms with Crippen LogP contribution < -0.4 is 9.46 Å².